The van der Waals surface area contributed by atoms with E-state index in [1.165, 1.54) is 35.9 Å². The van der Waals surface area contributed by atoms with Crippen molar-refractivity contribution in [3.05, 3.63) is 50.6 Å². The number of nitro benzene ring substituents is 1. The Morgan fingerprint density at radius 1 is 1.33 bits per heavy atom. The van der Waals surface area contributed by atoms with Crippen LogP contribution in [-0.4, -0.2) is 14.9 Å². The van der Waals surface area contributed by atoms with Gasteiger partial charge in [0.1, 0.15) is 11.2 Å². The lowest BCUT2D eigenvalue weighted by molar-refractivity contribution is -0.385. The van der Waals surface area contributed by atoms with Crippen molar-refractivity contribution in [2.75, 3.05) is 0 Å². The molecule has 0 fully saturated rings. The summed E-state index contributed by atoms with van der Waals surface area (Å²) in [6.07, 6.45) is 1.37. The lowest BCUT2D eigenvalue weighted by atomic mass is 10.3. The number of hydrogen-bond donors (Lipinski definition) is 0. The van der Waals surface area contributed by atoms with E-state index in [1.54, 1.807) is 0 Å². The van der Waals surface area contributed by atoms with Gasteiger partial charge in [-0.05, 0) is 25.1 Å². The van der Waals surface area contributed by atoms with Gasteiger partial charge in [-0.15, -0.1) is 11.3 Å². The molecule has 0 unspecified atom stereocenters. The van der Waals surface area contributed by atoms with Crippen LogP contribution in [0.1, 0.15) is 4.88 Å². The first-order chi connectivity index (χ1) is 10.0. The van der Waals surface area contributed by atoms with Gasteiger partial charge in [-0.3, -0.25) is 10.1 Å². The highest BCUT2D eigenvalue weighted by Crippen LogP contribution is 2.36. The molecule has 0 N–H and O–H groups in total. The standard InChI is InChI=1S/C13H8ClN3O3S/c1-7-4-9-12(15-6-16-13(9)21-7)20-11-3-2-8(14)5-10(11)17(18)19/h2-6H,1H3. The minimum atomic E-state index is -0.543. The second-order valence-electron chi connectivity index (χ2n) is 4.23. The Labute approximate surface area is 128 Å². The molecule has 0 aliphatic carbocycles. The van der Waals surface area contributed by atoms with Crippen molar-refractivity contribution in [3.8, 4) is 11.6 Å². The van der Waals surface area contributed by atoms with E-state index in [0.717, 1.165) is 15.1 Å². The minimum absolute atomic E-state index is 0.0910. The summed E-state index contributed by atoms with van der Waals surface area (Å²) < 4.78 is 5.61. The van der Waals surface area contributed by atoms with Crippen LogP contribution in [0.15, 0.2) is 30.6 Å². The molecule has 0 saturated heterocycles. The van der Waals surface area contributed by atoms with Crippen LogP contribution >= 0.6 is 22.9 Å². The summed E-state index contributed by atoms with van der Waals surface area (Å²) in [6.45, 7) is 1.95. The summed E-state index contributed by atoms with van der Waals surface area (Å²) in [6, 6.07) is 6.11. The van der Waals surface area contributed by atoms with Crippen molar-refractivity contribution in [3.63, 3.8) is 0 Å². The maximum Gasteiger partial charge on any atom is 0.313 e. The Bertz CT molecular complexity index is 850. The topological polar surface area (TPSA) is 78.2 Å². The van der Waals surface area contributed by atoms with Crippen molar-refractivity contribution in [1.82, 2.24) is 9.97 Å². The molecule has 1 aromatic carbocycles. The maximum atomic E-state index is 11.1. The van der Waals surface area contributed by atoms with E-state index in [2.05, 4.69) is 9.97 Å². The number of aromatic nitrogens is 2. The highest BCUT2D eigenvalue weighted by atomic mass is 35.5. The lowest BCUT2D eigenvalue weighted by Crippen LogP contribution is -1.95. The number of nitrogens with zero attached hydrogens (tertiary/aromatic N) is 3. The first kappa shape index (κ1) is 13.7. The van der Waals surface area contributed by atoms with Gasteiger partial charge < -0.3 is 4.74 Å². The molecule has 2 heterocycles. The van der Waals surface area contributed by atoms with Crippen LogP contribution in [0.5, 0.6) is 11.6 Å². The van der Waals surface area contributed by atoms with Crippen LogP contribution in [0.25, 0.3) is 10.2 Å². The number of fused-ring (bicyclic) bond motifs is 1. The second-order valence-corrected chi connectivity index (χ2v) is 5.90. The van der Waals surface area contributed by atoms with Gasteiger partial charge in [0.05, 0.1) is 10.3 Å². The fraction of sp³-hybridized carbons (Fsp3) is 0.0769. The minimum Gasteiger partial charge on any atom is -0.431 e. The van der Waals surface area contributed by atoms with Gasteiger partial charge in [-0.2, -0.15) is 0 Å². The van der Waals surface area contributed by atoms with Crippen molar-refractivity contribution >= 4 is 38.8 Å². The molecular formula is C13H8ClN3O3S. The fourth-order valence-corrected chi connectivity index (χ4v) is 2.86. The zero-order valence-electron chi connectivity index (χ0n) is 10.7. The first-order valence-corrected chi connectivity index (χ1v) is 7.07. The first-order valence-electron chi connectivity index (χ1n) is 5.87. The van der Waals surface area contributed by atoms with E-state index < -0.39 is 4.92 Å². The normalized spacial score (nSPS) is 10.8. The Hall–Kier alpha value is -2.25. The number of benzene rings is 1. The predicted octanol–water partition coefficient (Wildman–Crippen LogP) is 4.35. The smallest absolute Gasteiger partial charge is 0.313 e. The molecule has 3 aromatic rings. The summed E-state index contributed by atoms with van der Waals surface area (Å²) in [7, 11) is 0. The molecule has 0 saturated carbocycles. The van der Waals surface area contributed by atoms with E-state index in [4.69, 9.17) is 16.3 Å². The largest absolute Gasteiger partial charge is 0.431 e. The zero-order chi connectivity index (χ0) is 15.0. The van der Waals surface area contributed by atoms with Crippen LogP contribution in [0.3, 0.4) is 0 Å². The molecule has 0 amide bonds. The van der Waals surface area contributed by atoms with Gasteiger partial charge in [0, 0.05) is 16.0 Å². The Balaban J connectivity index is 2.08. The SMILES string of the molecule is Cc1cc2c(Oc3ccc(Cl)cc3[N+](=O)[O-])ncnc2s1. The third kappa shape index (κ3) is 2.65. The number of hydrogen-bond acceptors (Lipinski definition) is 6. The maximum absolute atomic E-state index is 11.1. The summed E-state index contributed by atoms with van der Waals surface area (Å²) >= 11 is 7.28. The van der Waals surface area contributed by atoms with Gasteiger partial charge >= 0.3 is 5.69 Å². The zero-order valence-corrected chi connectivity index (χ0v) is 12.3. The van der Waals surface area contributed by atoms with Crippen molar-refractivity contribution in [2.24, 2.45) is 0 Å². The lowest BCUT2D eigenvalue weighted by Gasteiger charge is -2.06. The van der Waals surface area contributed by atoms with Crippen LogP contribution in [0.4, 0.5) is 5.69 Å². The molecule has 2 aromatic heterocycles. The van der Waals surface area contributed by atoms with E-state index in [-0.39, 0.29) is 22.3 Å². The molecule has 8 heteroatoms. The van der Waals surface area contributed by atoms with Crippen molar-refractivity contribution in [2.45, 2.75) is 6.92 Å². The Kier molecular flexibility index (Phi) is 3.44. The predicted molar refractivity (Wildman–Crippen MR) is 80.3 cm³/mol. The second kappa shape index (κ2) is 5.27. The number of aryl methyl sites for hydroxylation is 1. The molecule has 0 radical (unpaired) electrons. The average Bonchev–Trinajstić information content (AvgIpc) is 2.82. The molecule has 0 aliphatic rings. The number of rotatable bonds is 3. The molecule has 0 bridgehead atoms. The van der Waals surface area contributed by atoms with Gasteiger partial charge in [0.15, 0.2) is 0 Å². The van der Waals surface area contributed by atoms with Crippen molar-refractivity contribution < 1.29 is 9.66 Å². The van der Waals surface area contributed by atoms with Crippen LogP contribution in [0.2, 0.25) is 5.02 Å². The van der Waals surface area contributed by atoms with E-state index in [1.807, 2.05) is 13.0 Å². The number of halogens is 1. The van der Waals surface area contributed by atoms with E-state index in [9.17, 15) is 10.1 Å². The van der Waals surface area contributed by atoms with E-state index in [0.29, 0.717) is 0 Å². The summed E-state index contributed by atoms with van der Waals surface area (Å²) in [5.41, 5.74) is -0.207. The summed E-state index contributed by atoms with van der Waals surface area (Å²) in [5, 5.41) is 12.1. The highest BCUT2D eigenvalue weighted by molar-refractivity contribution is 7.18. The number of ether oxygens (including phenoxy) is 1. The van der Waals surface area contributed by atoms with Gasteiger partial charge in [-0.1, -0.05) is 11.6 Å². The molecule has 3 rings (SSSR count). The molecule has 0 spiro atoms. The molecule has 106 valence electrons. The molecular weight excluding hydrogens is 314 g/mol. The van der Waals surface area contributed by atoms with Gasteiger partial charge in [-0.25, -0.2) is 9.97 Å². The highest BCUT2D eigenvalue weighted by Gasteiger charge is 2.18. The van der Waals surface area contributed by atoms with Crippen LogP contribution in [-0.2, 0) is 0 Å². The van der Waals surface area contributed by atoms with Crippen LogP contribution < -0.4 is 4.74 Å². The molecule has 21 heavy (non-hydrogen) atoms. The molecule has 6 nitrogen and oxygen atoms in total. The Morgan fingerprint density at radius 2 is 2.14 bits per heavy atom. The van der Waals surface area contributed by atoms with Crippen LogP contribution in [0, 0.1) is 17.0 Å². The summed E-state index contributed by atoms with van der Waals surface area (Å²) in [5.74, 6) is 0.378. The fourth-order valence-electron chi connectivity index (χ4n) is 1.86. The Morgan fingerprint density at radius 3 is 2.90 bits per heavy atom. The molecule has 0 atom stereocenters. The third-order valence-corrected chi connectivity index (χ3v) is 3.93. The third-order valence-electron chi connectivity index (χ3n) is 2.74. The van der Waals surface area contributed by atoms with Crippen molar-refractivity contribution in [1.29, 1.82) is 0 Å². The quantitative estimate of drug-likeness (QED) is 0.529. The number of nitro groups is 1. The van der Waals surface area contributed by atoms with Gasteiger partial charge in [0.25, 0.3) is 0 Å². The summed E-state index contributed by atoms with van der Waals surface area (Å²) in [4.78, 5) is 20.6. The monoisotopic (exact) mass is 321 g/mol. The molecule has 0 aliphatic heterocycles. The number of thiophene rings is 1. The van der Waals surface area contributed by atoms with E-state index >= 15 is 0 Å². The average molecular weight is 322 g/mol. The van der Waals surface area contributed by atoms with Gasteiger partial charge in [0.2, 0.25) is 11.6 Å².